The molecule has 0 spiro atoms. The number of likely N-dealkylation sites (tertiary alicyclic amines) is 2. The smallest absolute Gasteiger partial charge is 0.407 e. The summed E-state index contributed by atoms with van der Waals surface area (Å²) in [6, 6.07) is 19.5. The van der Waals surface area contributed by atoms with Crippen molar-refractivity contribution < 1.29 is 28.7 Å². The van der Waals surface area contributed by atoms with E-state index in [1.54, 1.807) is 0 Å². The molecule has 4 amide bonds. The molecule has 2 aliphatic heterocycles. The highest BCUT2D eigenvalue weighted by atomic mass is 16.5. The molecule has 9 rings (SSSR count). The van der Waals surface area contributed by atoms with Crippen molar-refractivity contribution in [2.24, 2.45) is 17.8 Å². The number of ether oxygens (including phenoxy) is 2. The number of imidazole rings is 2. The Hall–Kier alpha value is -6.18. The summed E-state index contributed by atoms with van der Waals surface area (Å²) in [7, 11) is 2.61. The topological polar surface area (TPSA) is 175 Å². The number of methoxy groups -OCH3 is 2. The number of aromatic amines is 2. The molecule has 3 aliphatic rings. The molecule has 2 aromatic heterocycles. The lowest BCUT2D eigenvalue weighted by Crippen LogP contribution is -2.54. The normalized spacial score (nSPS) is 21.1. The molecule has 14 heteroatoms. The molecule has 0 radical (unpaired) electrons. The third-order valence-corrected chi connectivity index (χ3v) is 13.1. The molecule has 3 fully saturated rings. The van der Waals surface area contributed by atoms with Crippen LogP contribution in [0.2, 0.25) is 0 Å². The number of fused-ring (bicyclic) bond motifs is 8. The standard InChI is InChI=1S/C46H52N8O6/c1-23(2)36(51-45(57)59-5)43(55)53-19-7-8-35(53)41-47-33-17-12-27-20-25(10-15-31(27)38(33)49-41)26-11-16-32-28(21-26)13-18-34-39(32)50-42(48-34)40-29-9-14-30(22-29)54(40)44(56)37(24(3)4)52-46(58)60-6/h10-13,15-18,20-21,23-24,29-30,35-37,40H,7-9,14,19,22H2,1-6H3,(H,47,49)(H,48,50)(H,51,57)(H,52,58)/t29-,30+,35-,36-,37-,40?/m0/s1. The van der Waals surface area contributed by atoms with Gasteiger partial charge >= 0.3 is 12.2 Å². The Kier molecular flexibility index (Phi) is 10.1. The van der Waals surface area contributed by atoms with Gasteiger partial charge in [-0.15, -0.1) is 0 Å². The number of hydrogen-bond acceptors (Lipinski definition) is 8. The maximum absolute atomic E-state index is 14.1. The molecule has 2 bridgehead atoms. The number of nitrogens with zero attached hydrogens (tertiary/aromatic N) is 4. The number of amides is 4. The van der Waals surface area contributed by atoms with Gasteiger partial charge < -0.3 is 39.9 Å². The number of alkyl carbamates (subject to hydrolysis) is 2. The maximum Gasteiger partial charge on any atom is 0.407 e. The first kappa shape index (κ1) is 39.3. The van der Waals surface area contributed by atoms with Gasteiger partial charge in [-0.3, -0.25) is 9.59 Å². The number of piperidine rings is 1. The third kappa shape index (κ3) is 6.75. The van der Waals surface area contributed by atoms with Crippen molar-refractivity contribution in [3.63, 3.8) is 0 Å². The summed E-state index contributed by atoms with van der Waals surface area (Å²) in [4.78, 5) is 73.3. The van der Waals surface area contributed by atoms with Crippen LogP contribution in [0.4, 0.5) is 9.59 Å². The first-order valence-electron chi connectivity index (χ1n) is 21.1. The molecule has 14 nitrogen and oxygen atoms in total. The number of carbonyl (C=O) groups is 4. The Bertz CT molecular complexity index is 2670. The Morgan fingerprint density at radius 1 is 0.700 bits per heavy atom. The zero-order valence-electron chi connectivity index (χ0n) is 34.9. The van der Waals surface area contributed by atoms with Crippen LogP contribution in [0.1, 0.15) is 83.5 Å². The van der Waals surface area contributed by atoms with Gasteiger partial charge in [0.25, 0.3) is 0 Å². The average molecular weight is 813 g/mol. The lowest BCUT2D eigenvalue weighted by Gasteiger charge is -2.37. The molecule has 1 aliphatic carbocycles. The summed E-state index contributed by atoms with van der Waals surface area (Å²) < 4.78 is 9.65. The fourth-order valence-electron chi connectivity index (χ4n) is 10.0. The number of H-pyrrole nitrogens is 2. The van der Waals surface area contributed by atoms with Crippen molar-refractivity contribution >= 4 is 67.6 Å². The minimum Gasteiger partial charge on any atom is -0.453 e. The molecule has 6 atom stereocenters. The summed E-state index contributed by atoms with van der Waals surface area (Å²) in [5, 5.41) is 9.66. The number of rotatable bonds is 9. The van der Waals surface area contributed by atoms with Crippen LogP contribution in [0.3, 0.4) is 0 Å². The second kappa shape index (κ2) is 15.4. The van der Waals surface area contributed by atoms with Crippen LogP contribution in [-0.2, 0) is 19.1 Å². The Balaban J connectivity index is 0.986. The number of hydrogen-bond donors (Lipinski definition) is 4. The fraction of sp³-hybridized carbons (Fsp3) is 0.435. The highest BCUT2D eigenvalue weighted by molar-refractivity contribution is 6.07. The summed E-state index contributed by atoms with van der Waals surface area (Å²) in [5.41, 5.74) is 5.70. The number of carbonyl (C=O) groups excluding carboxylic acids is 4. The first-order chi connectivity index (χ1) is 28.9. The number of nitrogens with one attached hydrogen (secondary N) is 4. The monoisotopic (exact) mass is 812 g/mol. The second-order valence-corrected chi connectivity index (χ2v) is 17.4. The second-order valence-electron chi connectivity index (χ2n) is 17.4. The highest BCUT2D eigenvalue weighted by Crippen LogP contribution is 2.50. The van der Waals surface area contributed by atoms with Gasteiger partial charge in [0.2, 0.25) is 11.8 Å². The molecule has 1 saturated carbocycles. The predicted molar refractivity (Wildman–Crippen MR) is 229 cm³/mol. The van der Waals surface area contributed by atoms with Crippen LogP contribution in [0.5, 0.6) is 0 Å². The average Bonchev–Trinajstić information content (AvgIpc) is 4.11. The molecule has 60 heavy (non-hydrogen) atoms. The van der Waals surface area contributed by atoms with Gasteiger partial charge in [-0.2, -0.15) is 0 Å². The first-order valence-corrected chi connectivity index (χ1v) is 21.1. The van der Waals surface area contributed by atoms with Gasteiger partial charge in [-0.25, -0.2) is 19.6 Å². The molecule has 6 aromatic rings. The van der Waals surface area contributed by atoms with Gasteiger partial charge in [-0.05, 0) is 96.0 Å². The minimum absolute atomic E-state index is 0.0926. The highest BCUT2D eigenvalue weighted by Gasteiger charge is 2.51. The van der Waals surface area contributed by atoms with E-state index in [2.05, 4.69) is 75.2 Å². The van der Waals surface area contributed by atoms with Crippen LogP contribution in [-0.4, -0.2) is 92.6 Å². The van der Waals surface area contributed by atoms with Crippen molar-refractivity contribution in [2.75, 3.05) is 20.8 Å². The minimum atomic E-state index is -0.698. The molecule has 312 valence electrons. The van der Waals surface area contributed by atoms with Crippen molar-refractivity contribution in [1.29, 1.82) is 0 Å². The van der Waals surface area contributed by atoms with E-state index >= 15 is 0 Å². The van der Waals surface area contributed by atoms with Gasteiger partial charge in [-0.1, -0.05) is 64.1 Å². The van der Waals surface area contributed by atoms with Gasteiger partial charge in [0.15, 0.2) is 0 Å². The summed E-state index contributed by atoms with van der Waals surface area (Å²) in [6.07, 6.45) is 3.30. The van der Waals surface area contributed by atoms with E-state index in [-0.39, 0.29) is 41.8 Å². The quantitative estimate of drug-likeness (QED) is 0.114. The third-order valence-electron chi connectivity index (χ3n) is 13.1. The molecule has 4 aromatic carbocycles. The Labute approximate surface area is 347 Å². The van der Waals surface area contributed by atoms with E-state index in [1.807, 2.05) is 43.6 Å². The molecular weight excluding hydrogens is 761 g/mol. The van der Waals surface area contributed by atoms with Crippen molar-refractivity contribution in [2.45, 2.75) is 90.0 Å². The molecule has 4 N–H and O–H groups in total. The SMILES string of the molecule is COC(=O)N[C@H](C(=O)N1CCC[C@H]1c1nc2c(ccc3cc(-c4ccc5c(ccc6[nH]c(C7[C@H]8CC[C@H](C8)N7C(=O)[C@@H](NC(=O)OC)C(C)C)nc65)c4)ccc32)[nH]1)C(C)C. The van der Waals surface area contributed by atoms with E-state index in [4.69, 9.17) is 19.4 Å². The van der Waals surface area contributed by atoms with Crippen LogP contribution in [0.15, 0.2) is 60.7 Å². The number of benzene rings is 4. The van der Waals surface area contributed by atoms with Crippen molar-refractivity contribution in [3.05, 3.63) is 72.3 Å². The van der Waals surface area contributed by atoms with Crippen LogP contribution in [0, 0.1) is 17.8 Å². The van der Waals surface area contributed by atoms with Crippen LogP contribution >= 0.6 is 0 Å². The molecule has 2 saturated heterocycles. The molecule has 4 heterocycles. The molecular formula is C46H52N8O6. The van der Waals surface area contributed by atoms with Crippen LogP contribution in [0.25, 0.3) is 54.7 Å². The molecule has 1 unspecified atom stereocenters. The summed E-state index contributed by atoms with van der Waals surface area (Å²) in [5.74, 6) is 1.37. The van der Waals surface area contributed by atoms with E-state index in [0.717, 1.165) is 98.5 Å². The zero-order valence-corrected chi connectivity index (χ0v) is 34.9. The van der Waals surface area contributed by atoms with Crippen molar-refractivity contribution in [3.8, 4) is 11.1 Å². The lowest BCUT2D eigenvalue weighted by molar-refractivity contribution is -0.139. The largest absolute Gasteiger partial charge is 0.453 e. The van der Waals surface area contributed by atoms with E-state index < -0.39 is 24.3 Å². The Morgan fingerprint density at radius 3 is 1.82 bits per heavy atom. The lowest BCUT2D eigenvalue weighted by atomic mass is 9.95. The summed E-state index contributed by atoms with van der Waals surface area (Å²) >= 11 is 0. The Morgan fingerprint density at radius 2 is 1.25 bits per heavy atom. The van der Waals surface area contributed by atoms with E-state index in [9.17, 15) is 19.2 Å². The fourth-order valence-corrected chi connectivity index (χ4v) is 10.0. The van der Waals surface area contributed by atoms with Gasteiger partial charge in [0, 0.05) is 23.4 Å². The van der Waals surface area contributed by atoms with E-state index in [1.165, 1.54) is 14.2 Å². The maximum atomic E-state index is 14.1. The summed E-state index contributed by atoms with van der Waals surface area (Å²) in [6.45, 7) is 8.28. The van der Waals surface area contributed by atoms with Crippen LogP contribution < -0.4 is 10.6 Å². The number of aromatic nitrogens is 4. The van der Waals surface area contributed by atoms with E-state index in [0.29, 0.717) is 12.5 Å². The predicted octanol–water partition coefficient (Wildman–Crippen LogP) is 7.89. The van der Waals surface area contributed by atoms with Crippen molar-refractivity contribution in [1.82, 2.24) is 40.4 Å². The van der Waals surface area contributed by atoms with Gasteiger partial charge in [0.1, 0.15) is 23.7 Å². The van der Waals surface area contributed by atoms with Gasteiger partial charge in [0.05, 0.1) is 48.4 Å². The zero-order chi connectivity index (χ0) is 42.0.